The first-order chi connectivity index (χ1) is 9.93. The fourth-order valence-corrected chi connectivity index (χ4v) is 4.16. The molecular weight excluding hydrogens is 240 g/mol. The van der Waals surface area contributed by atoms with Crippen molar-refractivity contribution in [2.45, 2.75) is 25.7 Å². The van der Waals surface area contributed by atoms with Gasteiger partial charge in [-0.3, -0.25) is 0 Å². The molecule has 20 heavy (non-hydrogen) atoms. The van der Waals surface area contributed by atoms with Crippen molar-refractivity contribution in [2.75, 3.05) is 0 Å². The van der Waals surface area contributed by atoms with Gasteiger partial charge >= 0.3 is 0 Å². The third kappa shape index (κ3) is 1.22. The van der Waals surface area contributed by atoms with Crippen molar-refractivity contribution in [2.24, 2.45) is 0 Å². The molecule has 0 heterocycles. The highest BCUT2D eigenvalue weighted by molar-refractivity contribution is 6.05. The third-order valence-corrected chi connectivity index (χ3v) is 4.96. The van der Waals surface area contributed by atoms with E-state index in [-0.39, 0.29) is 0 Å². The second-order valence-electron chi connectivity index (χ2n) is 6.00. The van der Waals surface area contributed by atoms with Gasteiger partial charge in [-0.2, -0.15) is 0 Å². The largest absolute Gasteiger partial charge is 0.0800 e. The standard InChI is InChI=1S/C20H16/c1-5-13-6-2-11-17-18-12-4-8-14-7-3-10-16(20(14)18)15(9-1)19(13)17/h1-3,6,8-11H,4-5,7,12H2. The predicted molar refractivity (Wildman–Crippen MR) is 86.6 cm³/mol. The van der Waals surface area contributed by atoms with E-state index in [1.165, 1.54) is 40.3 Å². The van der Waals surface area contributed by atoms with E-state index in [2.05, 4.69) is 48.6 Å². The zero-order chi connectivity index (χ0) is 13.1. The molecule has 0 unspecified atom stereocenters. The minimum Gasteiger partial charge on any atom is -0.0800 e. The van der Waals surface area contributed by atoms with Crippen LogP contribution in [0, 0.1) is 0 Å². The summed E-state index contributed by atoms with van der Waals surface area (Å²) in [6.45, 7) is 0. The molecule has 0 bridgehead atoms. The zero-order valence-corrected chi connectivity index (χ0v) is 11.4. The normalized spacial score (nSPS) is 18.1. The number of benzene rings is 2. The van der Waals surface area contributed by atoms with E-state index in [0.29, 0.717) is 0 Å². The van der Waals surface area contributed by atoms with Gasteiger partial charge in [0.25, 0.3) is 0 Å². The molecule has 0 saturated heterocycles. The minimum absolute atomic E-state index is 1.08. The minimum atomic E-state index is 1.08. The van der Waals surface area contributed by atoms with Gasteiger partial charge in [0.1, 0.15) is 0 Å². The highest BCUT2D eigenvalue weighted by Gasteiger charge is 2.24. The molecule has 5 rings (SSSR count). The number of hydrogen-bond donors (Lipinski definition) is 0. The van der Waals surface area contributed by atoms with Gasteiger partial charge in [0.15, 0.2) is 0 Å². The van der Waals surface area contributed by atoms with Crippen molar-refractivity contribution in [3.8, 4) is 0 Å². The molecule has 0 atom stereocenters. The number of rotatable bonds is 0. The van der Waals surface area contributed by atoms with Crippen molar-refractivity contribution in [3.05, 3.63) is 64.2 Å². The Morgan fingerprint density at radius 2 is 1.80 bits per heavy atom. The molecule has 0 fully saturated rings. The van der Waals surface area contributed by atoms with Gasteiger partial charge in [-0.25, -0.2) is 0 Å². The summed E-state index contributed by atoms with van der Waals surface area (Å²) in [7, 11) is 0. The van der Waals surface area contributed by atoms with E-state index in [1.54, 1.807) is 16.7 Å². The fourth-order valence-electron chi connectivity index (χ4n) is 4.16. The Labute approximate surface area is 119 Å². The van der Waals surface area contributed by atoms with Crippen LogP contribution in [0.15, 0.2) is 36.4 Å². The van der Waals surface area contributed by atoms with E-state index in [1.807, 2.05) is 0 Å². The maximum atomic E-state index is 2.45. The molecule has 0 spiro atoms. The molecule has 0 saturated carbocycles. The Hall–Kier alpha value is -2.08. The summed E-state index contributed by atoms with van der Waals surface area (Å²) in [5, 5.41) is 3.01. The Balaban J connectivity index is 2.07. The number of fused-ring (bicyclic) bond motifs is 2. The smallest absolute Gasteiger partial charge is 0.00671 e. The van der Waals surface area contributed by atoms with Gasteiger partial charge in [0, 0.05) is 0 Å². The van der Waals surface area contributed by atoms with Gasteiger partial charge in [0.05, 0.1) is 0 Å². The Morgan fingerprint density at radius 3 is 2.80 bits per heavy atom. The lowest BCUT2D eigenvalue weighted by Crippen LogP contribution is -2.09. The van der Waals surface area contributed by atoms with Crippen LogP contribution < -0.4 is 0 Å². The molecule has 2 aromatic carbocycles. The molecule has 0 aliphatic heterocycles. The van der Waals surface area contributed by atoms with Gasteiger partial charge in [-0.1, -0.05) is 48.6 Å². The summed E-state index contributed by atoms with van der Waals surface area (Å²) >= 11 is 0. The van der Waals surface area contributed by atoms with Crippen molar-refractivity contribution in [1.82, 2.24) is 0 Å². The van der Waals surface area contributed by atoms with Crippen LogP contribution in [0.25, 0.3) is 28.5 Å². The summed E-state index contributed by atoms with van der Waals surface area (Å²) < 4.78 is 0. The lowest BCUT2D eigenvalue weighted by Gasteiger charge is -2.28. The second kappa shape index (κ2) is 3.73. The first-order valence-corrected chi connectivity index (χ1v) is 7.56. The average molecular weight is 256 g/mol. The van der Waals surface area contributed by atoms with Gasteiger partial charge in [-0.05, 0) is 69.8 Å². The monoisotopic (exact) mass is 256 g/mol. The highest BCUT2D eigenvalue weighted by atomic mass is 14.3. The highest BCUT2D eigenvalue weighted by Crippen LogP contribution is 2.44. The van der Waals surface area contributed by atoms with Gasteiger partial charge < -0.3 is 0 Å². The summed E-state index contributed by atoms with van der Waals surface area (Å²) in [5.74, 6) is 0. The molecule has 0 N–H and O–H groups in total. The molecule has 0 amide bonds. The zero-order valence-electron chi connectivity index (χ0n) is 11.4. The van der Waals surface area contributed by atoms with Crippen LogP contribution in [0.2, 0.25) is 0 Å². The Bertz CT molecular complexity index is 844. The fraction of sp³-hybridized carbons (Fsp3) is 0.200. The van der Waals surface area contributed by atoms with E-state index in [4.69, 9.17) is 0 Å². The summed E-state index contributed by atoms with van der Waals surface area (Å²) in [6.07, 6.45) is 16.4. The predicted octanol–water partition coefficient (Wildman–Crippen LogP) is 5.16. The van der Waals surface area contributed by atoms with Crippen LogP contribution in [0.4, 0.5) is 0 Å². The van der Waals surface area contributed by atoms with Crippen LogP contribution in [-0.4, -0.2) is 0 Å². The van der Waals surface area contributed by atoms with Crippen LogP contribution in [0.5, 0.6) is 0 Å². The van der Waals surface area contributed by atoms with E-state index in [9.17, 15) is 0 Å². The van der Waals surface area contributed by atoms with Gasteiger partial charge in [-0.15, -0.1) is 0 Å². The average Bonchev–Trinajstić information content (AvgIpc) is 2.52. The lowest BCUT2D eigenvalue weighted by molar-refractivity contribution is 0.976. The van der Waals surface area contributed by atoms with Crippen molar-refractivity contribution >= 4 is 28.5 Å². The van der Waals surface area contributed by atoms with E-state index in [0.717, 1.165) is 12.8 Å². The summed E-state index contributed by atoms with van der Waals surface area (Å²) in [6, 6.07) is 6.86. The summed E-state index contributed by atoms with van der Waals surface area (Å²) in [5.41, 5.74) is 9.10. The third-order valence-electron chi connectivity index (χ3n) is 4.96. The molecule has 3 aliphatic carbocycles. The molecular formula is C20H16. The van der Waals surface area contributed by atoms with E-state index < -0.39 is 0 Å². The number of aryl methyl sites for hydroxylation is 1. The Kier molecular flexibility index (Phi) is 1.99. The first-order valence-electron chi connectivity index (χ1n) is 7.56. The van der Waals surface area contributed by atoms with Crippen molar-refractivity contribution in [1.29, 1.82) is 0 Å². The van der Waals surface area contributed by atoms with Crippen molar-refractivity contribution < 1.29 is 0 Å². The lowest BCUT2D eigenvalue weighted by atomic mass is 9.76. The van der Waals surface area contributed by atoms with Gasteiger partial charge in [0.2, 0.25) is 0 Å². The van der Waals surface area contributed by atoms with E-state index >= 15 is 0 Å². The number of hydrogen-bond acceptors (Lipinski definition) is 0. The maximum absolute atomic E-state index is 2.45. The van der Waals surface area contributed by atoms with Crippen LogP contribution in [0.1, 0.15) is 40.7 Å². The quantitative estimate of drug-likeness (QED) is 0.611. The number of allylic oxidation sites excluding steroid dienone is 4. The van der Waals surface area contributed by atoms with Crippen LogP contribution in [0.3, 0.4) is 0 Å². The molecule has 3 aliphatic rings. The molecule has 0 aromatic heterocycles. The molecule has 2 aromatic rings. The SMILES string of the molecule is C1=Cc2c3c(c4cccc5c4c2C=CC5)CCC=C3C1. The topological polar surface area (TPSA) is 0 Å². The first kappa shape index (κ1) is 10.7. The molecule has 0 nitrogen and oxygen atoms in total. The second-order valence-corrected chi connectivity index (χ2v) is 6.00. The van der Waals surface area contributed by atoms with Crippen LogP contribution in [-0.2, 0) is 12.8 Å². The molecule has 96 valence electrons. The molecule has 0 heteroatoms. The Morgan fingerprint density at radius 1 is 0.900 bits per heavy atom. The summed E-state index contributed by atoms with van der Waals surface area (Å²) in [4.78, 5) is 0. The van der Waals surface area contributed by atoms with Crippen molar-refractivity contribution in [3.63, 3.8) is 0 Å². The van der Waals surface area contributed by atoms with Crippen LogP contribution >= 0.6 is 0 Å². The molecule has 0 radical (unpaired) electrons. The maximum Gasteiger partial charge on any atom is -0.00671 e.